The summed E-state index contributed by atoms with van der Waals surface area (Å²) in [6.45, 7) is 2.05. The third kappa shape index (κ3) is 1.93. The number of fused-ring (bicyclic) bond motifs is 1. The normalized spacial score (nSPS) is 18.9. The molecule has 1 aromatic heterocycles. The van der Waals surface area contributed by atoms with Gasteiger partial charge in [-0.2, -0.15) is 0 Å². The molecule has 3 rings (SSSR count). The summed E-state index contributed by atoms with van der Waals surface area (Å²) in [5.41, 5.74) is 4.84. The van der Waals surface area contributed by atoms with Crippen LogP contribution in [0.15, 0.2) is 42.6 Å². The first-order valence-corrected chi connectivity index (χ1v) is 6.42. The van der Waals surface area contributed by atoms with Gasteiger partial charge in [-0.25, -0.2) is 0 Å². The summed E-state index contributed by atoms with van der Waals surface area (Å²) < 4.78 is 0. The van der Waals surface area contributed by atoms with Crippen LogP contribution < -0.4 is 0 Å². The Morgan fingerprint density at radius 3 is 2.89 bits per heavy atom. The first kappa shape index (κ1) is 11.4. The quantitative estimate of drug-likeness (QED) is 0.893. The molecule has 2 aromatic rings. The zero-order chi connectivity index (χ0) is 12.5. The van der Waals surface area contributed by atoms with Crippen LogP contribution in [0, 0.1) is 6.92 Å². The lowest BCUT2D eigenvalue weighted by molar-refractivity contribution is 0.132. The van der Waals surface area contributed by atoms with Gasteiger partial charge in [0.1, 0.15) is 0 Å². The van der Waals surface area contributed by atoms with Gasteiger partial charge in [-0.15, -0.1) is 0 Å². The summed E-state index contributed by atoms with van der Waals surface area (Å²) in [4.78, 5) is 4.36. The summed E-state index contributed by atoms with van der Waals surface area (Å²) >= 11 is 0. The molecule has 2 nitrogen and oxygen atoms in total. The van der Waals surface area contributed by atoms with Crippen LogP contribution in [-0.4, -0.2) is 16.2 Å². The number of pyridine rings is 1. The largest absolute Gasteiger partial charge is 0.392 e. The zero-order valence-electron chi connectivity index (χ0n) is 10.5. The van der Waals surface area contributed by atoms with Gasteiger partial charge in [0.05, 0.1) is 6.10 Å². The Morgan fingerprint density at radius 1 is 1.28 bits per heavy atom. The Kier molecular flexibility index (Phi) is 2.88. The smallest absolute Gasteiger partial charge is 0.0667 e. The molecule has 2 atom stereocenters. The standard InChI is InChI=1S/C16H17NO/c1-11-5-4-8-17-15(11)10-16(18)14-9-12-6-2-3-7-13(12)14/h2-8,14,16,18H,9-10H2,1H3. The van der Waals surface area contributed by atoms with Gasteiger partial charge in [-0.3, -0.25) is 4.98 Å². The molecule has 0 radical (unpaired) electrons. The molecule has 0 bridgehead atoms. The monoisotopic (exact) mass is 239 g/mol. The van der Waals surface area contributed by atoms with Crippen LogP contribution in [0.2, 0.25) is 0 Å². The molecule has 0 saturated carbocycles. The van der Waals surface area contributed by atoms with Crippen LogP contribution in [0.25, 0.3) is 0 Å². The van der Waals surface area contributed by atoms with Crippen LogP contribution in [0.5, 0.6) is 0 Å². The van der Waals surface area contributed by atoms with E-state index in [1.54, 1.807) is 6.20 Å². The van der Waals surface area contributed by atoms with Gasteiger partial charge in [-0.1, -0.05) is 30.3 Å². The van der Waals surface area contributed by atoms with Gasteiger partial charge in [0, 0.05) is 24.2 Å². The molecule has 2 unspecified atom stereocenters. The van der Waals surface area contributed by atoms with E-state index in [4.69, 9.17) is 0 Å². The molecule has 0 amide bonds. The minimum Gasteiger partial charge on any atom is -0.392 e. The van der Waals surface area contributed by atoms with Crippen LogP contribution >= 0.6 is 0 Å². The van der Waals surface area contributed by atoms with Gasteiger partial charge < -0.3 is 5.11 Å². The molecule has 92 valence electrons. The highest BCUT2D eigenvalue weighted by atomic mass is 16.3. The number of hydrogen-bond acceptors (Lipinski definition) is 2. The lowest BCUT2D eigenvalue weighted by Gasteiger charge is -2.34. The molecule has 0 fully saturated rings. The Balaban J connectivity index is 1.75. The second-order valence-electron chi connectivity index (χ2n) is 5.05. The Bertz CT molecular complexity index is 565. The maximum Gasteiger partial charge on any atom is 0.0667 e. The van der Waals surface area contributed by atoms with E-state index in [-0.39, 0.29) is 12.0 Å². The summed E-state index contributed by atoms with van der Waals surface area (Å²) in [5.74, 6) is 0.280. The van der Waals surface area contributed by atoms with E-state index in [0.29, 0.717) is 6.42 Å². The topological polar surface area (TPSA) is 33.1 Å². The highest BCUT2D eigenvalue weighted by molar-refractivity contribution is 5.41. The second-order valence-corrected chi connectivity index (χ2v) is 5.05. The van der Waals surface area contributed by atoms with Crippen molar-refractivity contribution < 1.29 is 5.11 Å². The number of aliphatic hydroxyl groups is 1. The highest BCUT2D eigenvalue weighted by Crippen LogP contribution is 2.38. The van der Waals surface area contributed by atoms with E-state index in [9.17, 15) is 5.11 Å². The van der Waals surface area contributed by atoms with Crippen molar-refractivity contribution in [1.29, 1.82) is 0 Å². The Hall–Kier alpha value is -1.67. The Morgan fingerprint density at radius 2 is 2.11 bits per heavy atom. The van der Waals surface area contributed by atoms with Crippen LogP contribution in [0.1, 0.15) is 28.3 Å². The first-order valence-electron chi connectivity index (χ1n) is 6.42. The first-order chi connectivity index (χ1) is 8.75. The van der Waals surface area contributed by atoms with Gasteiger partial charge in [0.2, 0.25) is 0 Å². The van der Waals surface area contributed by atoms with Gasteiger partial charge in [0.15, 0.2) is 0 Å². The maximum absolute atomic E-state index is 10.4. The van der Waals surface area contributed by atoms with E-state index in [1.165, 1.54) is 11.1 Å². The summed E-state index contributed by atoms with van der Waals surface area (Å²) in [6, 6.07) is 12.4. The predicted octanol–water partition coefficient (Wildman–Crippen LogP) is 2.63. The number of aromatic nitrogens is 1. The summed E-state index contributed by atoms with van der Waals surface area (Å²) in [6.07, 6.45) is 3.10. The fraction of sp³-hybridized carbons (Fsp3) is 0.312. The molecular formula is C16H17NO. The lowest BCUT2D eigenvalue weighted by atomic mass is 9.73. The molecule has 1 aromatic carbocycles. The molecular weight excluding hydrogens is 222 g/mol. The Labute approximate surface area is 107 Å². The average Bonchev–Trinajstić information content (AvgIpc) is 2.34. The SMILES string of the molecule is Cc1cccnc1CC(O)C1Cc2ccccc21. The second kappa shape index (κ2) is 4.54. The molecule has 18 heavy (non-hydrogen) atoms. The van der Waals surface area contributed by atoms with E-state index >= 15 is 0 Å². The molecule has 1 N–H and O–H groups in total. The van der Waals surface area contributed by atoms with E-state index in [2.05, 4.69) is 23.2 Å². The predicted molar refractivity (Wildman–Crippen MR) is 71.6 cm³/mol. The van der Waals surface area contributed by atoms with Crippen molar-refractivity contribution >= 4 is 0 Å². The highest BCUT2D eigenvalue weighted by Gasteiger charge is 2.31. The average molecular weight is 239 g/mol. The van der Waals surface area contributed by atoms with Crippen molar-refractivity contribution in [3.05, 3.63) is 65.0 Å². The fourth-order valence-corrected chi connectivity index (χ4v) is 2.71. The fourth-order valence-electron chi connectivity index (χ4n) is 2.71. The van der Waals surface area contributed by atoms with Crippen molar-refractivity contribution in [1.82, 2.24) is 4.98 Å². The molecule has 0 saturated heterocycles. The molecule has 1 aliphatic rings. The number of rotatable bonds is 3. The van der Waals surface area contributed by atoms with Crippen LogP contribution in [0.4, 0.5) is 0 Å². The summed E-state index contributed by atoms with van der Waals surface area (Å²) in [7, 11) is 0. The third-order valence-corrected chi connectivity index (χ3v) is 3.88. The van der Waals surface area contributed by atoms with Gasteiger partial charge in [-0.05, 0) is 36.1 Å². The molecule has 2 heteroatoms. The minimum absolute atomic E-state index is 0.280. The lowest BCUT2D eigenvalue weighted by Crippen LogP contribution is -2.30. The molecule has 1 heterocycles. The molecule has 1 aliphatic carbocycles. The number of nitrogens with zero attached hydrogens (tertiary/aromatic N) is 1. The van der Waals surface area contributed by atoms with Crippen LogP contribution in [0.3, 0.4) is 0 Å². The van der Waals surface area contributed by atoms with Crippen molar-refractivity contribution in [2.75, 3.05) is 0 Å². The van der Waals surface area contributed by atoms with Crippen molar-refractivity contribution in [3.63, 3.8) is 0 Å². The van der Waals surface area contributed by atoms with E-state index in [1.807, 2.05) is 25.1 Å². The van der Waals surface area contributed by atoms with Crippen LogP contribution in [-0.2, 0) is 12.8 Å². The van der Waals surface area contributed by atoms with E-state index < -0.39 is 0 Å². The number of aryl methyl sites for hydroxylation is 1. The molecule has 0 aliphatic heterocycles. The third-order valence-electron chi connectivity index (χ3n) is 3.88. The van der Waals surface area contributed by atoms with E-state index in [0.717, 1.165) is 17.7 Å². The van der Waals surface area contributed by atoms with Gasteiger partial charge in [0.25, 0.3) is 0 Å². The van der Waals surface area contributed by atoms with Crippen molar-refractivity contribution in [3.8, 4) is 0 Å². The minimum atomic E-state index is -0.325. The summed E-state index contributed by atoms with van der Waals surface area (Å²) in [5, 5.41) is 10.4. The van der Waals surface area contributed by atoms with Gasteiger partial charge >= 0.3 is 0 Å². The number of benzene rings is 1. The maximum atomic E-state index is 10.4. The molecule has 0 spiro atoms. The zero-order valence-corrected chi connectivity index (χ0v) is 10.5. The van der Waals surface area contributed by atoms with Crippen molar-refractivity contribution in [2.45, 2.75) is 31.8 Å². The number of hydrogen-bond donors (Lipinski definition) is 1. The van der Waals surface area contributed by atoms with Crippen molar-refractivity contribution in [2.24, 2.45) is 0 Å². The number of aliphatic hydroxyl groups excluding tert-OH is 1.